The van der Waals surface area contributed by atoms with Gasteiger partial charge in [0, 0.05) is 43.9 Å². The van der Waals surface area contributed by atoms with E-state index in [-0.39, 0.29) is 17.6 Å². The minimum atomic E-state index is -5.08. The highest BCUT2D eigenvalue weighted by Gasteiger charge is 2.42. The second kappa shape index (κ2) is 12.3. The number of alkyl halides is 3. The van der Waals surface area contributed by atoms with E-state index >= 15 is 0 Å². The van der Waals surface area contributed by atoms with Gasteiger partial charge in [-0.2, -0.15) is 13.2 Å². The highest BCUT2D eigenvalue weighted by Crippen LogP contribution is 2.47. The summed E-state index contributed by atoms with van der Waals surface area (Å²) in [7, 11) is 1.87. The highest BCUT2D eigenvalue weighted by molar-refractivity contribution is 5.82. The van der Waals surface area contributed by atoms with Crippen molar-refractivity contribution in [3.63, 3.8) is 0 Å². The van der Waals surface area contributed by atoms with Crippen LogP contribution in [0.3, 0.4) is 0 Å². The molecule has 0 radical (unpaired) electrons. The molecule has 250 valence electrons. The molecule has 1 aliphatic heterocycles. The zero-order valence-corrected chi connectivity index (χ0v) is 27.1. The SMILES string of the molecule is Cc1c(C(c2ccc3c(c2)C(N2Cc4ccncc4OC(C)(C)C2)CC3)C(C)(C)C(=O)O)ccc2c1nnn2C.O=C(O)C(F)(F)F. The number of nitrogens with zero attached hydrogens (tertiary/aromatic N) is 5. The number of ether oxygens (including phenoxy) is 1. The van der Waals surface area contributed by atoms with E-state index in [0.29, 0.717) is 0 Å². The number of aryl methyl sites for hydroxylation is 3. The van der Waals surface area contributed by atoms with Crippen LogP contribution < -0.4 is 4.74 Å². The molecule has 2 atom stereocenters. The Balaban J connectivity index is 0.000000559. The first-order valence-electron chi connectivity index (χ1n) is 15.2. The number of rotatable bonds is 5. The van der Waals surface area contributed by atoms with Gasteiger partial charge in [-0.05, 0) is 87.4 Å². The smallest absolute Gasteiger partial charge is 0.485 e. The Morgan fingerprint density at radius 3 is 2.43 bits per heavy atom. The third-order valence-corrected chi connectivity index (χ3v) is 9.11. The molecular weight excluding hydrogens is 615 g/mol. The van der Waals surface area contributed by atoms with Gasteiger partial charge in [0.2, 0.25) is 0 Å². The topological polar surface area (TPSA) is 131 Å². The van der Waals surface area contributed by atoms with Crippen molar-refractivity contribution in [3.05, 3.63) is 82.2 Å². The maximum Gasteiger partial charge on any atom is 0.490 e. The van der Waals surface area contributed by atoms with E-state index in [2.05, 4.69) is 58.3 Å². The molecule has 2 aromatic heterocycles. The maximum atomic E-state index is 12.7. The summed E-state index contributed by atoms with van der Waals surface area (Å²) in [6, 6.07) is 12.9. The maximum absolute atomic E-state index is 12.7. The van der Waals surface area contributed by atoms with E-state index in [4.69, 9.17) is 14.6 Å². The first-order valence-corrected chi connectivity index (χ1v) is 15.2. The van der Waals surface area contributed by atoms with Crippen LogP contribution in [-0.4, -0.2) is 65.4 Å². The van der Waals surface area contributed by atoms with E-state index in [1.165, 1.54) is 11.1 Å². The molecule has 0 bridgehead atoms. The van der Waals surface area contributed by atoms with E-state index in [9.17, 15) is 23.1 Å². The molecule has 6 rings (SSSR count). The number of benzene rings is 2. The number of hydrogen-bond donors (Lipinski definition) is 2. The number of carbonyl (C=O) groups is 2. The molecule has 4 aromatic rings. The molecule has 0 saturated heterocycles. The normalized spacial score (nSPS) is 18.3. The van der Waals surface area contributed by atoms with Crippen LogP contribution in [0, 0.1) is 12.3 Å². The van der Waals surface area contributed by atoms with Crippen molar-refractivity contribution < 1.29 is 37.7 Å². The van der Waals surface area contributed by atoms with Crippen molar-refractivity contribution in [2.75, 3.05) is 6.54 Å². The van der Waals surface area contributed by atoms with Crippen LogP contribution in [0.5, 0.6) is 5.75 Å². The van der Waals surface area contributed by atoms with Crippen molar-refractivity contribution in [3.8, 4) is 5.75 Å². The minimum Gasteiger partial charge on any atom is -0.485 e. The van der Waals surface area contributed by atoms with Crippen molar-refractivity contribution in [2.24, 2.45) is 12.5 Å². The van der Waals surface area contributed by atoms with E-state index in [1.807, 2.05) is 52.3 Å². The fourth-order valence-electron chi connectivity index (χ4n) is 6.77. The Bertz CT molecular complexity index is 1830. The molecule has 2 aliphatic rings. The van der Waals surface area contributed by atoms with Crippen LogP contribution in [0.15, 0.2) is 48.8 Å². The van der Waals surface area contributed by atoms with Gasteiger partial charge < -0.3 is 14.9 Å². The van der Waals surface area contributed by atoms with Crippen LogP contribution in [0.4, 0.5) is 13.2 Å². The molecule has 0 spiro atoms. The minimum absolute atomic E-state index is 0.217. The molecule has 2 unspecified atom stereocenters. The summed E-state index contributed by atoms with van der Waals surface area (Å²) in [5.41, 5.74) is 7.05. The molecule has 3 heterocycles. The lowest BCUT2D eigenvalue weighted by Gasteiger charge is -2.35. The average Bonchev–Trinajstić information content (AvgIpc) is 3.54. The van der Waals surface area contributed by atoms with Crippen molar-refractivity contribution in [1.82, 2.24) is 24.9 Å². The largest absolute Gasteiger partial charge is 0.490 e. The van der Waals surface area contributed by atoms with Gasteiger partial charge in [0.15, 0.2) is 0 Å². The summed E-state index contributed by atoms with van der Waals surface area (Å²) in [5.74, 6) is -3.10. The Kier molecular flexibility index (Phi) is 8.82. The van der Waals surface area contributed by atoms with Gasteiger partial charge in [-0.1, -0.05) is 29.5 Å². The summed E-state index contributed by atoms with van der Waals surface area (Å²) in [4.78, 5) is 28.4. The van der Waals surface area contributed by atoms with Gasteiger partial charge in [-0.25, -0.2) is 9.48 Å². The number of pyridine rings is 1. The van der Waals surface area contributed by atoms with Crippen LogP contribution in [-0.2, 0) is 29.6 Å². The summed E-state index contributed by atoms with van der Waals surface area (Å²) in [5, 5.41) is 26.1. The van der Waals surface area contributed by atoms with E-state index < -0.39 is 23.5 Å². The summed E-state index contributed by atoms with van der Waals surface area (Å²) < 4.78 is 39.9. The first kappa shape index (κ1) is 33.8. The fourth-order valence-corrected chi connectivity index (χ4v) is 6.77. The van der Waals surface area contributed by atoms with Gasteiger partial charge in [-0.3, -0.25) is 14.7 Å². The molecule has 10 nitrogen and oxygen atoms in total. The molecule has 1 aliphatic carbocycles. The molecule has 2 N–H and O–H groups in total. The number of aliphatic carboxylic acids is 2. The molecule has 2 aromatic carbocycles. The van der Waals surface area contributed by atoms with Crippen LogP contribution >= 0.6 is 0 Å². The number of fused-ring (bicyclic) bond motifs is 3. The predicted octanol–water partition coefficient (Wildman–Crippen LogP) is 6.21. The summed E-state index contributed by atoms with van der Waals surface area (Å²) in [6.45, 7) is 11.5. The molecule has 13 heteroatoms. The van der Waals surface area contributed by atoms with E-state index in [0.717, 1.165) is 65.0 Å². The third-order valence-electron chi connectivity index (χ3n) is 9.11. The van der Waals surface area contributed by atoms with Crippen LogP contribution in [0.2, 0.25) is 0 Å². The standard InChI is InChI=1S/C32H37N5O3.C2HF3O2/c1-19-23(10-12-26-29(19)34-35-36(26)6)28(32(4,5)30(38)39)21-8-7-20-9-11-25(24(20)15-21)37-17-22-13-14-33-16-27(22)40-31(2,3)18-37;3-2(4,5)1(6)7/h7-8,10,12-16,25,28H,9,11,17-18H2,1-6H3,(H,38,39);(H,6,7). The quantitative estimate of drug-likeness (QED) is 0.258. The zero-order valence-electron chi connectivity index (χ0n) is 27.1. The van der Waals surface area contributed by atoms with Crippen molar-refractivity contribution in [2.45, 2.75) is 77.7 Å². The highest BCUT2D eigenvalue weighted by atomic mass is 19.4. The first-order chi connectivity index (χ1) is 21.9. The lowest BCUT2D eigenvalue weighted by Crippen LogP contribution is -2.41. The monoisotopic (exact) mass is 653 g/mol. The number of aromatic nitrogens is 4. The van der Waals surface area contributed by atoms with Crippen molar-refractivity contribution >= 4 is 23.0 Å². The number of carboxylic acids is 2. The molecular formula is C34H38F3N5O5. The fraction of sp³-hybridized carbons (Fsp3) is 0.441. The molecule has 0 amide bonds. The van der Waals surface area contributed by atoms with Crippen molar-refractivity contribution in [1.29, 1.82) is 0 Å². The summed E-state index contributed by atoms with van der Waals surface area (Å²) >= 11 is 0. The van der Waals surface area contributed by atoms with E-state index in [1.54, 1.807) is 4.68 Å². The van der Waals surface area contributed by atoms with Crippen LogP contribution in [0.25, 0.3) is 11.0 Å². The van der Waals surface area contributed by atoms with Gasteiger partial charge in [0.25, 0.3) is 0 Å². The third kappa shape index (κ3) is 6.67. The number of carboxylic acid groups (broad SMARTS) is 2. The van der Waals surface area contributed by atoms with Gasteiger partial charge in [-0.15, -0.1) is 5.10 Å². The average molecular weight is 654 g/mol. The van der Waals surface area contributed by atoms with Gasteiger partial charge in [0.1, 0.15) is 16.9 Å². The Morgan fingerprint density at radius 1 is 1.06 bits per heavy atom. The number of hydrogen-bond acceptors (Lipinski definition) is 7. The predicted molar refractivity (Wildman–Crippen MR) is 167 cm³/mol. The Labute approximate surface area is 270 Å². The molecule has 0 fully saturated rings. The lowest BCUT2D eigenvalue weighted by molar-refractivity contribution is -0.192. The summed E-state index contributed by atoms with van der Waals surface area (Å²) in [6.07, 6.45) is 0.579. The number of halogens is 3. The Morgan fingerprint density at radius 2 is 1.77 bits per heavy atom. The van der Waals surface area contributed by atoms with Crippen LogP contribution in [0.1, 0.15) is 79.5 Å². The second-order valence-electron chi connectivity index (χ2n) is 13.4. The Hall–Kier alpha value is -4.52. The zero-order chi connectivity index (χ0) is 34.5. The van der Waals surface area contributed by atoms with Gasteiger partial charge >= 0.3 is 18.1 Å². The lowest BCUT2D eigenvalue weighted by atomic mass is 9.69. The molecule has 47 heavy (non-hydrogen) atoms. The second-order valence-corrected chi connectivity index (χ2v) is 13.4. The molecule has 0 saturated carbocycles. The van der Waals surface area contributed by atoms with Gasteiger partial charge in [0.05, 0.1) is 17.1 Å².